The molecule has 0 spiro atoms. The van der Waals surface area contributed by atoms with E-state index in [1.807, 2.05) is 54.3 Å². The number of ether oxygens (including phenoxy) is 1. The van der Waals surface area contributed by atoms with Crippen LogP contribution < -0.4 is 36.8 Å². The maximum atomic E-state index is 14.0. The fraction of sp³-hybridized carbons (Fsp3) is 0.415. The van der Waals surface area contributed by atoms with Gasteiger partial charge in [-0.05, 0) is 66.1 Å². The highest BCUT2D eigenvalue weighted by molar-refractivity contribution is 6.30. The zero-order chi connectivity index (χ0) is 50.1. The normalized spacial score (nSPS) is 15.8. The molecule has 17 nitrogen and oxygen atoms in total. The van der Waals surface area contributed by atoms with Crippen molar-refractivity contribution in [3.05, 3.63) is 136 Å². The predicted octanol–water partition coefficient (Wildman–Crippen LogP) is 4.51. The van der Waals surface area contributed by atoms with Gasteiger partial charge in [0.1, 0.15) is 12.1 Å². The SMILES string of the molecule is CCc1cccc(-c2cnc(C(=O)NCCOCCNCC(=O)NCCNC[C@@H](C(=O)N3CCN(c4ncnc5c4[C@H](C)C[C@H]5O)CC3)c3ccc(Cl)cc3)c(NC(=O)CNCc3cccc(C)c3)c2)c1. The minimum Gasteiger partial charge on any atom is -0.387 e. The Morgan fingerprint density at radius 2 is 1.56 bits per heavy atom. The Morgan fingerprint density at radius 1 is 0.803 bits per heavy atom. The van der Waals surface area contributed by atoms with Crippen LogP contribution in [0.15, 0.2) is 91.4 Å². The van der Waals surface area contributed by atoms with Crippen LogP contribution in [0.4, 0.5) is 11.5 Å². The number of carbonyl (C=O) groups excluding carboxylic acids is 4. The van der Waals surface area contributed by atoms with Crippen molar-refractivity contribution in [3.63, 3.8) is 0 Å². The van der Waals surface area contributed by atoms with E-state index in [0.717, 1.165) is 51.2 Å². The van der Waals surface area contributed by atoms with E-state index in [0.29, 0.717) is 88.3 Å². The second-order valence-corrected chi connectivity index (χ2v) is 18.4. The van der Waals surface area contributed by atoms with Crippen molar-refractivity contribution < 1.29 is 29.0 Å². The third kappa shape index (κ3) is 14.9. The van der Waals surface area contributed by atoms with Gasteiger partial charge in [0.15, 0.2) is 5.69 Å². The molecule has 1 aliphatic carbocycles. The Balaban J connectivity index is 0.793. The number of carbonyl (C=O) groups is 4. The molecule has 3 aromatic carbocycles. The summed E-state index contributed by atoms with van der Waals surface area (Å²) in [6.45, 7) is 11.5. The van der Waals surface area contributed by atoms with Crippen LogP contribution in [0.25, 0.3) is 11.1 Å². The lowest BCUT2D eigenvalue weighted by Gasteiger charge is -2.38. The quantitative estimate of drug-likeness (QED) is 0.0425. The van der Waals surface area contributed by atoms with Crippen molar-refractivity contribution in [1.29, 1.82) is 0 Å². The summed E-state index contributed by atoms with van der Waals surface area (Å²) in [6.07, 6.45) is 4.07. The average molecular weight is 989 g/mol. The van der Waals surface area contributed by atoms with Crippen LogP contribution in [0.5, 0.6) is 0 Å². The number of amides is 4. The molecule has 0 unspecified atom stereocenters. The van der Waals surface area contributed by atoms with Gasteiger partial charge < -0.3 is 51.5 Å². The minimum absolute atomic E-state index is 0.0126. The number of aliphatic hydroxyl groups excluding tert-OH is 1. The van der Waals surface area contributed by atoms with Gasteiger partial charge in [-0.3, -0.25) is 19.2 Å². The molecular weight excluding hydrogens is 922 g/mol. The van der Waals surface area contributed by atoms with E-state index in [2.05, 4.69) is 83.8 Å². The van der Waals surface area contributed by atoms with E-state index < -0.39 is 17.9 Å². The molecule has 0 saturated carbocycles. The number of fused-ring (bicyclic) bond motifs is 1. The molecule has 3 heterocycles. The highest BCUT2D eigenvalue weighted by atomic mass is 35.5. The number of halogens is 1. The molecule has 2 aliphatic rings. The maximum Gasteiger partial charge on any atom is 0.272 e. The number of hydrogen-bond donors (Lipinski definition) is 7. The summed E-state index contributed by atoms with van der Waals surface area (Å²) < 4.78 is 5.70. The minimum atomic E-state index is -0.581. The van der Waals surface area contributed by atoms with Gasteiger partial charge in [0.25, 0.3) is 5.91 Å². The Morgan fingerprint density at radius 3 is 2.35 bits per heavy atom. The third-order valence-corrected chi connectivity index (χ3v) is 12.9. The number of hydrogen-bond acceptors (Lipinski definition) is 13. The second kappa shape index (κ2) is 26.2. The zero-order valence-electron chi connectivity index (χ0n) is 40.8. The molecule has 18 heteroatoms. The summed E-state index contributed by atoms with van der Waals surface area (Å²) in [5.41, 5.74) is 8.03. The number of aliphatic hydroxyl groups is 1. The molecule has 7 N–H and O–H groups in total. The average Bonchev–Trinajstić information content (AvgIpc) is 3.68. The second-order valence-electron chi connectivity index (χ2n) is 18.0. The number of aryl methyl sites for hydroxylation is 2. The van der Waals surface area contributed by atoms with Gasteiger partial charge in [0.05, 0.1) is 49.7 Å². The van der Waals surface area contributed by atoms with Crippen LogP contribution in [-0.4, -0.2) is 134 Å². The first kappa shape index (κ1) is 52.5. The van der Waals surface area contributed by atoms with Crippen LogP contribution >= 0.6 is 11.6 Å². The van der Waals surface area contributed by atoms with Gasteiger partial charge in [-0.25, -0.2) is 15.0 Å². The van der Waals surface area contributed by atoms with Crippen LogP contribution in [0, 0.1) is 6.92 Å². The van der Waals surface area contributed by atoms with E-state index >= 15 is 0 Å². The number of anilines is 2. The van der Waals surface area contributed by atoms with Crippen molar-refractivity contribution >= 4 is 46.7 Å². The van der Waals surface area contributed by atoms with E-state index in [1.165, 1.54) is 6.33 Å². The highest BCUT2D eigenvalue weighted by Crippen LogP contribution is 2.43. The zero-order valence-corrected chi connectivity index (χ0v) is 41.6. The molecule has 0 bridgehead atoms. The van der Waals surface area contributed by atoms with Crippen LogP contribution in [0.1, 0.15) is 82.2 Å². The Bertz CT molecular complexity index is 2590. The van der Waals surface area contributed by atoms with Gasteiger partial charge in [-0.15, -0.1) is 0 Å². The molecule has 1 aliphatic heterocycles. The summed E-state index contributed by atoms with van der Waals surface area (Å²) in [6, 6.07) is 25.2. The number of benzene rings is 3. The third-order valence-electron chi connectivity index (χ3n) is 12.7. The summed E-state index contributed by atoms with van der Waals surface area (Å²) in [5, 5.41) is 29.3. The molecule has 71 heavy (non-hydrogen) atoms. The largest absolute Gasteiger partial charge is 0.387 e. The Hall–Kier alpha value is -6.34. The molecule has 4 amide bonds. The molecule has 7 rings (SSSR count). The number of nitrogens with one attached hydrogen (secondary N) is 6. The van der Waals surface area contributed by atoms with E-state index in [4.69, 9.17) is 16.3 Å². The first-order valence-electron chi connectivity index (χ1n) is 24.5. The molecule has 3 atom stereocenters. The van der Waals surface area contributed by atoms with Gasteiger partial charge in [0.2, 0.25) is 17.7 Å². The van der Waals surface area contributed by atoms with Gasteiger partial charge in [-0.2, -0.15) is 0 Å². The van der Waals surface area contributed by atoms with Crippen molar-refractivity contribution in [2.45, 2.75) is 58.1 Å². The molecular formula is C53H66ClN11O6. The van der Waals surface area contributed by atoms with Crippen molar-refractivity contribution in [2.24, 2.45) is 0 Å². The highest BCUT2D eigenvalue weighted by Gasteiger charge is 2.35. The first-order valence-corrected chi connectivity index (χ1v) is 24.9. The summed E-state index contributed by atoms with van der Waals surface area (Å²) in [5.74, 6) is -0.367. The van der Waals surface area contributed by atoms with Crippen LogP contribution in [-0.2, 0) is 32.1 Å². The van der Waals surface area contributed by atoms with E-state index in [1.54, 1.807) is 24.4 Å². The Labute approximate surface area is 420 Å². The predicted molar refractivity (Wildman–Crippen MR) is 275 cm³/mol. The van der Waals surface area contributed by atoms with Crippen molar-refractivity contribution in [1.82, 2.24) is 46.4 Å². The molecule has 1 fully saturated rings. The lowest BCUT2D eigenvalue weighted by Crippen LogP contribution is -2.51. The van der Waals surface area contributed by atoms with Gasteiger partial charge >= 0.3 is 0 Å². The fourth-order valence-electron chi connectivity index (χ4n) is 8.93. The van der Waals surface area contributed by atoms with Gasteiger partial charge in [-0.1, -0.05) is 91.7 Å². The van der Waals surface area contributed by atoms with E-state index in [-0.39, 0.29) is 55.6 Å². The smallest absolute Gasteiger partial charge is 0.272 e. The van der Waals surface area contributed by atoms with Crippen molar-refractivity contribution in [3.8, 4) is 11.1 Å². The van der Waals surface area contributed by atoms with Crippen molar-refractivity contribution in [2.75, 3.05) is 95.4 Å². The van der Waals surface area contributed by atoms with Crippen LogP contribution in [0.3, 0.4) is 0 Å². The fourth-order valence-corrected chi connectivity index (χ4v) is 9.06. The standard InChI is InChI=1S/C53H66ClN11O6/c1-4-37-8-6-10-40(27-37)41-28-44(63-47(68)33-57-29-38-9-5-7-35(2)25-38)49(60-30-41)52(69)59-18-24-71-23-17-56-32-46(67)58-16-15-55-31-43(39-11-13-42(54)14-12-39)53(70)65-21-19-64(20-22-65)51-48-36(3)26-45(66)50(48)61-34-62-51/h5-14,25,27-28,30,34,36,43,45,55-57,66H,4,15-24,26,29,31-33H2,1-3H3,(H,58,67)(H,59,69)(H,63,68)/t36-,43-,45-/m1/s1. The first-order chi connectivity index (χ1) is 34.5. The Kier molecular flexibility index (Phi) is 19.4. The summed E-state index contributed by atoms with van der Waals surface area (Å²) in [4.78, 5) is 70.6. The van der Waals surface area contributed by atoms with Gasteiger partial charge in [0, 0.05) is 87.8 Å². The topological polar surface area (TPSA) is 215 Å². The monoisotopic (exact) mass is 987 g/mol. The molecule has 5 aromatic rings. The number of pyridine rings is 1. The molecule has 2 aromatic heterocycles. The number of nitrogens with zero attached hydrogens (tertiary/aromatic N) is 5. The maximum absolute atomic E-state index is 14.0. The molecule has 0 radical (unpaired) electrons. The number of aromatic nitrogens is 3. The lowest BCUT2D eigenvalue weighted by atomic mass is 9.97. The lowest BCUT2D eigenvalue weighted by molar-refractivity contribution is -0.133. The summed E-state index contributed by atoms with van der Waals surface area (Å²) >= 11 is 6.20. The molecule has 1 saturated heterocycles. The van der Waals surface area contributed by atoms with Crippen LogP contribution in [0.2, 0.25) is 5.02 Å². The molecule has 376 valence electrons. The number of piperazine rings is 1. The van der Waals surface area contributed by atoms with E-state index in [9.17, 15) is 24.3 Å². The summed E-state index contributed by atoms with van der Waals surface area (Å²) in [7, 11) is 0. The number of rotatable bonds is 24.